The van der Waals surface area contributed by atoms with E-state index in [0.29, 0.717) is 13.0 Å². The molecule has 4 amide bonds. The number of carbonyl (C=O) groups excluding carboxylic acids is 3. The van der Waals surface area contributed by atoms with E-state index in [9.17, 15) is 14.4 Å². The molecule has 1 unspecified atom stereocenters. The molecule has 1 rings (SSSR count). The van der Waals surface area contributed by atoms with Gasteiger partial charge < -0.3 is 20.9 Å². The van der Waals surface area contributed by atoms with Gasteiger partial charge in [0.25, 0.3) is 0 Å². The molecule has 1 atom stereocenters. The van der Waals surface area contributed by atoms with Gasteiger partial charge in [0.2, 0.25) is 11.8 Å². The summed E-state index contributed by atoms with van der Waals surface area (Å²) in [4.78, 5) is 37.4. The van der Waals surface area contributed by atoms with Crippen LogP contribution in [0, 0.1) is 0 Å². The first-order valence-corrected chi connectivity index (χ1v) is 9.32. The highest BCUT2D eigenvalue weighted by Gasteiger charge is 2.20. The first kappa shape index (κ1) is 22.5. The van der Waals surface area contributed by atoms with E-state index in [-0.39, 0.29) is 36.0 Å². The summed E-state index contributed by atoms with van der Waals surface area (Å²) < 4.78 is 0. The van der Waals surface area contributed by atoms with Crippen molar-refractivity contribution in [3.05, 3.63) is 29.8 Å². The Morgan fingerprint density at radius 1 is 1.04 bits per heavy atom. The van der Waals surface area contributed by atoms with E-state index in [0.717, 1.165) is 11.3 Å². The maximum atomic E-state index is 12.5. The van der Waals surface area contributed by atoms with Crippen LogP contribution in [0.15, 0.2) is 24.3 Å². The van der Waals surface area contributed by atoms with Gasteiger partial charge in [0, 0.05) is 24.2 Å². The van der Waals surface area contributed by atoms with Crippen molar-refractivity contribution >= 4 is 23.5 Å². The minimum absolute atomic E-state index is 0.00824. The molecule has 0 saturated heterocycles. The van der Waals surface area contributed by atoms with Gasteiger partial charge >= 0.3 is 6.03 Å². The van der Waals surface area contributed by atoms with E-state index in [4.69, 9.17) is 0 Å². The highest BCUT2D eigenvalue weighted by Crippen LogP contribution is 2.16. The third-order valence-corrected chi connectivity index (χ3v) is 3.87. The normalized spacial score (nSPS) is 12.1. The van der Waals surface area contributed by atoms with Crippen LogP contribution < -0.4 is 16.0 Å². The first-order chi connectivity index (χ1) is 12.6. The number of likely N-dealkylation sites (N-methyl/N-ethyl adjacent to an activating group) is 1. The van der Waals surface area contributed by atoms with Gasteiger partial charge in [-0.25, -0.2) is 4.79 Å². The Hall–Kier alpha value is -2.57. The lowest BCUT2D eigenvalue weighted by molar-refractivity contribution is -0.123. The Kier molecular flexibility index (Phi) is 8.28. The Labute approximate surface area is 161 Å². The van der Waals surface area contributed by atoms with E-state index >= 15 is 0 Å². The van der Waals surface area contributed by atoms with Crippen LogP contribution in [0.5, 0.6) is 0 Å². The summed E-state index contributed by atoms with van der Waals surface area (Å²) in [7, 11) is 0. The van der Waals surface area contributed by atoms with E-state index in [1.165, 1.54) is 4.90 Å². The molecule has 0 saturated carbocycles. The molecule has 3 N–H and O–H groups in total. The van der Waals surface area contributed by atoms with Crippen LogP contribution >= 0.6 is 0 Å². The molecule has 27 heavy (non-hydrogen) atoms. The molecule has 0 spiro atoms. The van der Waals surface area contributed by atoms with Crippen molar-refractivity contribution in [2.75, 3.05) is 18.4 Å². The summed E-state index contributed by atoms with van der Waals surface area (Å²) in [5, 5.41) is 8.55. The number of urea groups is 1. The quantitative estimate of drug-likeness (QED) is 0.683. The predicted octanol–water partition coefficient (Wildman–Crippen LogP) is 3.04. The summed E-state index contributed by atoms with van der Waals surface area (Å²) in [6.45, 7) is 11.6. The lowest BCUT2D eigenvalue weighted by Gasteiger charge is -2.26. The van der Waals surface area contributed by atoms with Gasteiger partial charge in [-0.05, 0) is 52.3 Å². The highest BCUT2D eigenvalue weighted by atomic mass is 16.2. The van der Waals surface area contributed by atoms with Gasteiger partial charge in [-0.3, -0.25) is 9.59 Å². The lowest BCUT2D eigenvalue weighted by atomic mass is 10.1. The van der Waals surface area contributed by atoms with Crippen molar-refractivity contribution in [1.82, 2.24) is 15.5 Å². The second-order valence-electron chi connectivity index (χ2n) is 7.51. The monoisotopic (exact) mass is 376 g/mol. The molecule has 0 heterocycles. The number of benzene rings is 1. The van der Waals surface area contributed by atoms with Crippen molar-refractivity contribution in [3.8, 4) is 0 Å². The van der Waals surface area contributed by atoms with Gasteiger partial charge in [-0.15, -0.1) is 0 Å². The summed E-state index contributed by atoms with van der Waals surface area (Å²) in [5.41, 5.74) is 1.29. The summed E-state index contributed by atoms with van der Waals surface area (Å²) in [6.07, 6.45) is 0.420. The Balaban J connectivity index is 2.65. The molecular formula is C20H32N4O3. The molecule has 7 heteroatoms. The Morgan fingerprint density at radius 2 is 1.63 bits per heavy atom. The zero-order valence-electron chi connectivity index (χ0n) is 17.2. The molecule has 1 aromatic carbocycles. The molecule has 150 valence electrons. The summed E-state index contributed by atoms with van der Waals surface area (Å²) in [6, 6.07) is 6.81. The van der Waals surface area contributed by atoms with Crippen molar-refractivity contribution in [1.29, 1.82) is 0 Å². The summed E-state index contributed by atoms with van der Waals surface area (Å²) >= 11 is 0. The average molecular weight is 377 g/mol. The number of carbonyl (C=O) groups is 3. The predicted molar refractivity (Wildman–Crippen MR) is 107 cm³/mol. The topological polar surface area (TPSA) is 90.5 Å². The fourth-order valence-corrected chi connectivity index (χ4v) is 2.42. The van der Waals surface area contributed by atoms with Crippen molar-refractivity contribution < 1.29 is 14.4 Å². The zero-order valence-corrected chi connectivity index (χ0v) is 17.2. The lowest BCUT2D eigenvalue weighted by Crippen LogP contribution is -2.49. The molecule has 0 bridgehead atoms. The average Bonchev–Trinajstić information content (AvgIpc) is 2.58. The van der Waals surface area contributed by atoms with Crippen molar-refractivity contribution in [3.63, 3.8) is 0 Å². The molecule has 0 aliphatic rings. The van der Waals surface area contributed by atoms with Gasteiger partial charge in [0.15, 0.2) is 0 Å². The number of anilines is 1. The van der Waals surface area contributed by atoms with Crippen LogP contribution in [-0.4, -0.2) is 41.4 Å². The number of hydrogen-bond acceptors (Lipinski definition) is 3. The number of amides is 4. The molecule has 0 fully saturated rings. The van der Waals surface area contributed by atoms with Crippen LogP contribution in [0.3, 0.4) is 0 Å². The smallest absolute Gasteiger partial charge is 0.318 e. The van der Waals surface area contributed by atoms with Crippen LogP contribution in [0.4, 0.5) is 10.5 Å². The number of nitrogens with zero attached hydrogens (tertiary/aromatic N) is 1. The molecule has 7 nitrogen and oxygen atoms in total. The Morgan fingerprint density at radius 3 is 2.11 bits per heavy atom. The minimum Gasteiger partial charge on any atom is -0.350 e. The maximum absolute atomic E-state index is 12.5. The largest absolute Gasteiger partial charge is 0.350 e. The van der Waals surface area contributed by atoms with Crippen LogP contribution in [0.25, 0.3) is 0 Å². The molecule has 0 aliphatic carbocycles. The number of hydrogen-bond donors (Lipinski definition) is 3. The van der Waals surface area contributed by atoms with Crippen molar-refractivity contribution in [2.24, 2.45) is 0 Å². The third kappa shape index (κ3) is 8.11. The fraction of sp³-hybridized carbons (Fsp3) is 0.550. The van der Waals surface area contributed by atoms with Crippen LogP contribution in [-0.2, 0) is 9.59 Å². The van der Waals surface area contributed by atoms with Gasteiger partial charge in [-0.1, -0.05) is 19.1 Å². The van der Waals surface area contributed by atoms with Crippen LogP contribution in [0.1, 0.15) is 59.6 Å². The number of nitrogens with one attached hydrogen (secondary N) is 3. The molecule has 0 radical (unpaired) electrons. The standard InChI is InChI=1S/C20H32N4O3/c1-7-17(25)22-16-11-9-15(10-12-16)14(3)21-19(27)24(8-2)13-18(26)23-20(4,5)6/h9-12,14H,7-8,13H2,1-6H3,(H,21,27)(H,22,25)(H,23,26). The maximum Gasteiger partial charge on any atom is 0.318 e. The summed E-state index contributed by atoms with van der Waals surface area (Å²) in [5.74, 6) is -0.237. The second kappa shape index (κ2) is 9.94. The van der Waals surface area contributed by atoms with Gasteiger partial charge in [0.05, 0.1) is 6.04 Å². The molecule has 0 aromatic heterocycles. The third-order valence-electron chi connectivity index (χ3n) is 3.87. The van der Waals surface area contributed by atoms with E-state index in [1.807, 2.05) is 46.8 Å². The molecule has 1 aromatic rings. The van der Waals surface area contributed by atoms with Gasteiger partial charge in [0.1, 0.15) is 6.54 Å². The Bertz CT molecular complexity index is 650. The molecule has 0 aliphatic heterocycles. The van der Waals surface area contributed by atoms with E-state index in [2.05, 4.69) is 16.0 Å². The van der Waals surface area contributed by atoms with E-state index in [1.54, 1.807) is 19.1 Å². The molecular weight excluding hydrogens is 344 g/mol. The SMILES string of the molecule is CCC(=O)Nc1ccc(C(C)NC(=O)N(CC)CC(=O)NC(C)(C)C)cc1. The zero-order chi connectivity index (χ0) is 20.6. The van der Waals surface area contributed by atoms with Gasteiger partial charge in [-0.2, -0.15) is 0 Å². The van der Waals surface area contributed by atoms with Crippen LogP contribution in [0.2, 0.25) is 0 Å². The number of rotatable bonds is 7. The second-order valence-corrected chi connectivity index (χ2v) is 7.51. The highest BCUT2D eigenvalue weighted by molar-refractivity contribution is 5.90. The first-order valence-electron chi connectivity index (χ1n) is 9.32. The van der Waals surface area contributed by atoms with E-state index < -0.39 is 0 Å². The van der Waals surface area contributed by atoms with Crippen molar-refractivity contribution in [2.45, 2.75) is 59.5 Å². The fourth-order valence-electron chi connectivity index (χ4n) is 2.42. The minimum atomic E-state index is -0.338.